The molecule has 39 heavy (non-hydrogen) atoms. The highest BCUT2D eigenvalue weighted by Crippen LogP contribution is 2.45. The Labute approximate surface area is 225 Å². The molecule has 1 saturated carbocycles. The zero-order valence-corrected chi connectivity index (χ0v) is 22.5. The van der Waals surface area contributed by atoms with Crippen LogP contribution >= 0.6 is 0 Å². The summed E-state index contributed by atoms with van der Waals surface area (Å²) in [7, 11) is -2.30. The summed E-state index contributed by atoms with van der Waals surface area (Å²) in [5.41, 5.74) is 2.60. The molecule has 0 amide bonds. The fraction of sp³-hybridized carbons (Fsp3) is 0.481. The number of benzene rings is 2. The van der Waals surface area contributed by atoms with E-state index < -0.39 is 16.6 Å². The summed E-state index contributed by atoms with van der Waals surface area (Å²) in [6.45, 7) is -0.415. The Morgan fingerprint density at radius 2 is 1.82 bits per heavy atom. The number of carbonyl (C=O) groups is 1. The van der Waals surface area contributed by atoms with E-state index in [0.29, 0.717) is 49.3 Å². The molecular formula is C27H30F2N2O7S. The van der Waals surface area contributed by atoms with E-state index in [1.165, 1.54) is 36.5 Å². The van der Waals surface area contributed by atoms with Crippen LogP contribution in [0.15, 0.2) is 46.3 Å². The summed E-state index contributed by atoms with van der Waals surface area (Å²) in [4.78, 5) is 16.7. The normalized spacial score (nSPS) is 23.4. The van der Waals surface area contributed by atoms with Crippen LogP contribution in [0, 0.1) is 0 Å². The predicted molar refractivity (Wildman–Crippen MR) is 137 cm³/mol. The molecule has 12 heteroatoms. The number of carbonyl (C=O) groups excluding carboxylic acids is 1. The number of ether oxygens (including phenoxy) is 4. The highest BCUT2D eigenvalue weighted by molar-refractivity contribution is 7.89. The van der Waals surface area contributed by atoms with Crippen molar-refractivity contribution in [3.05, 3.63) is 53.1 Å². The van der Waals surface area contributed by atoms with Gasteiger partial charge in [-0.05, 0) is 49.1 Å². The average molecular weight is 565 g/mol. The molecule has 2 aromatic rings. The molecule has 1 saturated heterocycles. The minimum atomic E-state index is -3.68. The fourth-order valence-corrected chi connectivity index (χ4v) is 6.98. The molecule has 5 rings (SSSR count). The summed E-state index contributed by atoms with van der Waals surface area (Å²) in [6, 6.07) is 9.47. The third-order valence-corrected chi connectivity index (χ3v) is 9.25. The molecule has 1 aliphatic carbocycles. The molecule has 210 valence electrons. The van der Waals surface area contributed by atoms with Gasteiger partial charge in [-0.3, -0.25) is 9.79 Å². The van der Waals surface area contributed by atoms with Crippen LogP contribution < -0.4 is 9.47 Å². The molecule has 2 fully saturated rings. The summed E-state index contributed by atoms with van der Waals surface area (Å²) in [6.07, 6.45) is 1.56. The number of methoxy groups -OCH3 is 1. The van der Waals surface area contributed by atoms with E-state index in [9.17, 15) is 22.0 Å². The van der Waals surface area contributed by atoms with E-state index >= 15 is 0 Å². The van der Waals surface area contributed by atoms with E-state index in [0.717, 1.165) is 5.56 Å². The first-order chi connectivity index (χ1) is 18.7. The number of rotatable bonds is 7. The molecule has 2 aliphatic heterocycles. The minimum absolute atomic E-state index is 0.127. The largest absolute Gasteiger partial charge is 0.493 e. The number of fused-ring (bicyclic) bond motifs is 3. The van der Waals surface area contributed by atoms with E-state index in [4.69, 9.17) is 23.9 Å². The van der Waals surface area contributed by atoms with Crippen LogP contribution in [0.4, 0.5) is 8.78 Å². The van der Waals surface area contributed by atoms with Crippen molar-refractivity contribution >= 4 is 21.7 Å². The van der Waals surface area contributed by atoms with Crippen molar-refractivity contribution in [3.63, 3.8) is 0 Å². The molecule has 0 bridgehead atoms. The first kappa shape index (κ1) is 27.5. The summed E-state index contributed by atoms with van der Waals surface area (Å²) in [5, 5.41) is 0. The Balaban J connectivity index is 1.54. The van der Waals surface area contributed by atoms with Crippen molar-refractivity contribution in [2.45, 2.75) is 55.8 Å². The lowest BCUT2D eigenvalue weighted by molar-refractivity contribution is -0.148. The predicted octanol–water partition coefficient (Wildman–Crippen LogP) is 3.74. The number of esters is 1. The maximum Gasteiger partial charge on any atom is 0.387 e. The van der Waals surface area contributed by atoms with Crippen molar-refractivity contribution < 1.29 is 40.9 Å². The molecule has 0 N–H and O–H groups in total. The molecule has 3 atom stereocenters. The van der Waals surface area contributed by atoms with Gasteiger partial charge in [0.05, 0.1) is 37.0 Å². The van der Waals surface area contributed by atoms with E-state index in [1.807, 2.05) is 0 Å². The molecule has 0 radical (unpaired) electrons. The second-order valence-corrected chi connectivity index (χ2v) is 11.6. The smallest absolute Gasteiger partial charge is 0.387 e. The van der Waals surface area contributed by atoms with Crippen LogP contribution in [0.2, 0.25) is 0 Å². The second-order valence-electron chi connectivity index (χ2n) is 9.71. The third kappa shape index (κ3) is 5.64. The van der Waals surface area contributed by atoms with Gasteiger partial charge in [-0.15, -0.1) is 0 Å². The fourth-order valence-electron chi connectivity index (χ4n) is 5.57. The summed E-state index contributed by atoms with van der Waals surface area (Å²) in [5.74, 6) is -0.451. The number of halogens is 2. The van der Waals surface area contributed by atoms with Crippen molar-refractivity contribution in [2.75, 3.05) is 33.4 Å². The quantitative estimate of drug-likeness (QED) is 0.472. The van der Waals surface area contributed by atoms with Crippen LogP contribution in [0.25, 0.3) is 0 Å². The Hall–Kier alpha value is -3.09. The molecule has 3 unspecified atom stereocenters. The summed E-state index contributed by atoms with van der Waals surface area (Å²) < 4.78 is 74.9. The van der Waals surface area contributed by atoms with Crippen LogP contribution in [0.5, 0.6) is 11.5 Å². The highest BCUT2D eigenvalue weighted by Gasteiger charge is 2.39. The molecule has 2 aromatic carbocycles. The number of morpholine rings is 1. The molecular weight excluding hydrogens is 534 g/mol. The van der Waals surface area contributed by atoms with E-state index in [2.05, 4.69) is 0 Å². The Morgan fingerprint density at radius 3 is 2.46 bits per heavy atom. The number of aliphatic imine (C=N–C) groups is 1. The van der Waals surface area contributed by atoms with E-state index in [1.54, 1.807) is 18.2 Å². The molecule has 9 nitrogen and oxygen atoms in total. The highest BCUT2D eigenvalue weighted by atomic mass is 32.2. The monoisotopic (exact) mass is 564 g/mol. The molecule has 2 heterocycles. The van der Waals surface area contributed by atoms with Crippen LogP contribution in [0.3, 0.4) is 0 Å². The Kier molecular flexibility index (Phi) is 7.88. The molecule has 0 aromatic heterocycles. The van der Waals surface area contributed by atoms with Gasteiger partial charge in [0.2, 0.25) is 10.0 Å². The van der Waals surface area contributed by atoms with Gasteiger partial charge in [0.1, 0.15) is 6.10 Å². The van der Waals surface area contributed by atoms with Crippen LogP contribution in [-0.2, 0) is 24.3 Å². The number of sulfonamides is 1. The van der Waals surface area contributed by atoms with Crippen LogP contribution in [-0.4, -0.2) is 76.6 Å². The third-order valence-electron chi connectivity index (χ3n) is 7.34. The van der Waals surface area contributed by atoms with Gasteiger partial charge in [0, 0.05) is 37.1 Å². The van der Waals surface area contributed by atoms with Crippen molar-refractivity contribution in [2.24, 2.45) is 4.99 Å². The number of nitrogens with zero attached hydrogens (tertiary/aromatic N) is 2. The first-order valence-corrected chi connectivity index (χ1v) is 14.2. The zero-order chi connectivity index (χ0) is 27.7. The zero-order valence-electron chi connectivity index (χ0n) is 21.6. The van der Waals surface area contributed by atoms with Crippen molar-refractivity contribution in [3.8, 4) is 11.5 Å². The summed E-state index contributed by atoms with van der Waals surface area (Å²) >= 11 is 0. The standard InChI is InChI=1S/C27H30F2N2O7S/c1-16(32)37-18-5-8-23-21(13-18)20-14-24(35-2)25(38-27(28)29)15-22(20)26(30-23)17-3-6-19(7-4-17)39(33,34)31-9-11-36-12-10-31/h3-4,6-7,14-15,18,21,23,27H,5,8-13H2,1-2H3. The maximum absolute atomic E-state index is 13.2. The molecule has 0 spiro atoms. The topological polar surface area (TPSA) is 104 Å². The Bertz CT molecular complexity index is 1360. The number of hydrogen-bond acceptors (Lipinski definition) is 8. The van der Waals surface area contributed by atoms with Gasteiger partial charge in [-0.2, -0.15) is 13.1 Å². The maximum atomic E-state index is 13.2. The lowest BCUT2D eigenvalue weighted by Gasteiger charge is -2.38. The average Bonchev–Trinajstić information content (AvgIpc) is 2.92. The van der Waals surface area contributed by atoms with Gasteiger partial charge in [-0.1, -0.05) is 12.1 Å². The lowest BCUT2D eigenvalue weighted by atomic mass is 9.74. The number of alkyl halides is 2. The van der Waals surface area contributed by atoms with Gasteiger partial charge < -0.3 is 18.9 Å². The van der Waals surface area contributed by atoms with E-state index in [-0.39, 0.29) is 53.5 Å². The first-order valence-electron chi connectivity index (χ1n) is 12.8. The molecule has 3 aliphatic rings. The van der Waals surface area contributed by atoms with Gasteiger partial charge >= 0.3 is 12.6 Å². The Morgan fingerprint density at radius 1 is 1.10 bits per heavy atom. The van der Waals surface area contributed by atoms with Gasteiger partial charge in [0.15, 0.2) is 11.5 Å². The van der Waals surface area contributed by atoms with Gasteiger partial charge in [0.25, 0.3) is 0 Å². The van der Waals surface area contributed by atoms with Crippen molar-refractivity contribution in [1.29, 1.82) is 0 Å². The minimum Gasteiger partial charge on any atom is -0.493 e. The van der Waals surface area contributed by atoms with Crippen molar-refractivity contribution in [1.82, 2.24) is 4.31 Å². The SMILES string of the molecule is COc1cc2c(cc1OC(F)F)C(c1ccc(S(=O)(=O)N3CCOCC3)cc1)=NC1CCC(OC(C)=O)CC21. The van der Waals surface area contributed by atoms with Crippen LogP contribution in [0.1, 0.15) is 48.8 Å². The second kappa shape index (κ2) is 11.2. The lowest BCUT2D eigenvalue weighted by Crippen LogP contribution is -2.40. The van der Waals surface area contributed by atoms with Gasteiger partial charge in [-0.25, -0.2) is 8.42 Å². The number of hydrogen-bond donors (Lipinski definition) is 0.